The number of fused-ring (bicyclic) bond motifs is 5. The van der Waals surface area contributed by atoms with Gasteiger partial charge in [-0.2, -0.15) is 0 Å². The van der Waals surface area contributed by atoms with Crippen LogP contribution in [0.5, 0.6) is 0 Å². The Morgan fingerprint density at radius 2 is 0.830 bits per heavy atom. The molecule has 0 saturated carbocycles. The van der Waals surface area contributed by atoms with Crippen LogP contribution in [0.15, 0.2) is 194 Å². The molecule has 0 spiro atoms. The molecule has 1 heterocycles. The standard InChI is InChI=1S/C52H33P/c1-2-12-33(13-3-1)37-28-31-48-47(32-37)46-30-29-39(41-22-11-23-49(53-48)52(41)46)35-24-26-36(27-25-35)50-42-17-6-8-19-44(42)51(45-20-9-7-18-43(45)50)40-21-10-15-34-14-4-5-16-38(34)40/h1-32,53H. The number of rotatable bonds is 4. The molecule has 0 N–H and O–H groups in total. The molecule has 11 rings (SSSR count). The highest BCUT2D eigenvalue weighted by molar-refractivity contribution is 7.56. The summed E-state index contributed by atoms with van der Waals surface area (Å²) >= 11 is 0. The first kappa shape index (κ1) is 30.3. The average Bonchev–Trinajstić information content (AvgIpc) is 3.23. The molecular formula is C52H33P. The molecule has 10 aromatic rings. The Hall–Kier alpha value is -6.33. The first-order chi connectivity index (χ1) is 26.3. The maximum absolute atomic E-state index is 2.40. The van der Waals surface area contributed by atoms with Crippen LogP contribution in [-0.2, 0) is 0 Å². The smallest absolute Gasteiger partial charge is 0.00201 e. The van der Waals surface area contributed by atoms with E-state index < -0.39 is 0 Å². The van der Waals surface area contributed by atoms with E-state index in [4.69, 9.17) is 0 Å². The third-order valence-electron chi connectivity index (χ3n) is 11.2. The van der Waals surface area contributed by atoms with E-state index in [2.05, 4.69) is 194 Å². The Bertz CT molecular complexity index is 3000. The first-order valence-electron chi connectivity index (χ1n) is 18.4. The number of benzene rings is 10. The zero-order valence-electron chi connectivity index (χ0n) is 29.0. The van der Waals surface area contributed by atoms with Gasteiger partial charge in [0.05, 0.1) is 0 Å². The average molecular weight is 689 g/mol. The first-order valence-corrected chi connectivity index (χ1v) is 19.4. The largest absolute Gasteiger partial charge is 0.0622 e. The van der Waals surface area contributed by atoms with Gasteiger partial charge in [0.1, 0.15) is 0 Å². The van der Waals surface area contributed by atoms with Crippen LogP contribution in [0.3, 0.4) is 0 Å². The van der Waals surface area contributed by atoms with Crippen molar-refractivity contribution in [2.24, 2.45) is 0 Å². The van der Waals surface area contributed by atoms with Gasteiger partial charge in [-0.1, -0.05) is 197 Å². The van der Waals surface area contributed by atoms with Crippen LogP contribution in [0.2, 0.25) is 0 Å². The molecule has 0 radical (unpaired) electrons. The van der Waals surface area contributed by atoms with Crippen LogP contribution >= 0.6 is 8.58 Å². The highest BCUT2D eigenvalue weighted by Gasteiger charge is 2.22. The highest BCUT2D eigenvalue weighted by atomic mass is 31.1. The van der Waals surface area contributed by atoms with Crippen LogP contribution in [0, 0.1) is 0 Å². The maximum Gasteiger partial charge on any atom is -0.00201 e. The molecule has 0 fully saturated rings. The minimum absolute atomic E-state index is 0.639. The number of hydrogen-bond acceptors (Lipinski definition) is 0. The van der Waals surface area contributed by atoms with Crippen molar-refractivity contribution in [1.29, 1.82) is 0 Å². The van der Waals surface area contributed by atoms with E-state index in [0.717, 1.165) is 0 Å². The van der Waals surface area contributed by atoms with E-state index in [0.29, 0.717) is 8.58 Å². The molecule has 0 aliphatic carbocycles. The van der Waals surface area contributed by atoms with E-state index in [9.17, 15) is 0 Å². The quantitative estimate of drug-likeness (QED) is 0.128. The summed E-state index contributed by atoms with van der Waals surface area (Å²) in [5.41, 5.74) is 12.9. The van der Waals surface area contributed by atoms with Gasteiger partial charge < -0.3 is 0 Å². The highest BCUT2D eigenvalue weighted by Crippen LogP contribution is 2.46. The Kier molecular flexibility index (Phi) is 6.94. The van der Waals surface area contributed by atoms with Crippen LogP contribution in [0.1, 0.15) is 0 Å². The molecule has 1 aliphatic rings. The maximum atomic E-state index is 2.40. The predicted molar refractivity (Wildman–Crippen MR) is 231 cm³/mol. The van der Waals surface area contributed by atoms with Crippen molar-refractivity contribution in [1.82, 2.24) is 0 Å². The molecule has 1 aliphatic heterocycles. The van der Waals surface area contributed by atoms with Gasteiger partial charge in [0.2, 0.25) is 0 Å². The summed E-state index contributed by atoms with van der Waals surface area (Å²) in [7, 11) is 0.639. The van der Waals surface area contributed by atoms with E-state index in [1.165, 1.54) is 109 Å². The van der Waals surface area contributed by atoms with Crippen LogP contribution in [0.4, 0.5) is 0 Å². The van der Waals surface area contributed by atoms with Crippen molar-refractivity contribution in [3.05, 3.63) is 194 Å². The molecule has 0 bridgehead atoms. The lowest BCUT2D eigenvalue weighted by Crippen LogP contribution is -2.14. The summed E-state index contributed by atoms with van der Waals surface area (Å²) in [5, 5.41) is 13.2. The van der Waals surface area contributed by atoms with Gasteiger partial charge in [0, 0.05) is 0 Å². The van der Waals surface area contributed by atoms with Crippen molar-refractivity contribution in [3.8, 4) is 55.6 Å². The van der Waals surface area contributed by atoms with Crippen LogP contribution in [0.25, 0.3) is 98.7 Å². The second-order valence-corrected chi connectivity index (χ2v) is 15.4. The number of hydrogen-bond donors (Lipinski definition) is 0. The summed E-state index contributed by atoms with van der Waals surface area (Å²) in [5.74, 6) is 0. The van der Waals surface area contributed by atoms with Crippen molar-refractivity contribution in [2.75, 3.05) is 0 Å². The lowest BCUT2D eigenvalue weighted by atomic mass is 9.84. The topological polar surface area (TPSA) is 0 Å². The minimum Gasteiger partial charge on any atom is -0.0622 e. The van der Waals surface area contributed by atoms with Crippen LogP contribution in [-0.4, -0.2) is 0 Å². The fraction of sp³-hybridized carbons (Fsp3) is 0. The molecule has 0 aromatic heterocycles. The zero-order chi connectivity index (χ0) is 34.9. The van der Waals surface area contributed by atoms with Gasteiger partial charge in [-0.05, 0) is 115 Å². The van der Waals surface area contributed by atoms with E-state index in [1.54, 1.807) is 0 Å². The normalized spacial score (nSPS) is 12.5. The molecule has 246 valence electrons. The SMILES string of the molecule is c1ccc(-c2ccc3c(c2)-c2ccc(-c4ccc(-c5c6ccccc6c(-c6cccc7ccccc67)c6ccccc56)cc4)c4cccc(c24)P3)cc1. The van der Waals surface area contributed by atoms with Gasteiger partial charge in [0.25, 0.3) is 0 Å². The Morgan fingerprint density at radius 3 is 1.58 bits per heavy atom. The van der Waals surface area contributed by atoms with E-state index in [1.807, 2.05) is 0 Å². The second kappa shape index (κ2) is 12.1. The summed E-state index contributed by atoms with van der Waals surface area (Å²) in [6.07, 6.45) is 0. The van der Waals surface area contributed by atoms with E-state index in [-0.39, 0.29) is 0 Å². The molecular weight excluding hydrogens is 656 g/mol. The minimum atomic E-state index is 0.639. The summed E-state index contributed by atoms with van der Waals surface area (Å²) < 4.78 is 0. The Labute approximate surface area is 310 Å². The third kappa shape index (κ3) is 4.80. The summed E-state index contributed by atoms with van der Waals surface area (Å²) in [6.45, 7) is 0. The summed E-state index contributed by atoms with van der Waals surface area (Å²) in [4.78, 5) is 0. The molecule has 53 heavy (non-hydrogen) atoms. The second-order valence-electron chi connectivity index (χ2n) is 14.1. The fourth-order valence-electron chi connectivity index (χ4n) is 8.81. The van der Waals surface area contributed by atoms with Crippen molar-refractivity contribution in [3.63, 3.8) is 0 Å². The molecule has 10 aromatic carbocycles. The van der Waals surface area contributed by atoms with Gasteiger partial charge in [0.15, 0.2) is 0 Å². The van der Waals surface area contributed by atoms with E-state index >= 15 is 0 Å². The Morgan fingerprint density at radius 1 is 0.264 bits per heavy atom. The van der Waals surface area contributed by atoms with Crippen molar-refractivity contribution in [2.45, 2.75) is 0 Å². The molecule has 0 nitrogen and oxygen atoms in total. The fourth-order valence-corrected chi connectivity index (χ4v) is 10.2. The molecule has 1 unspecified atom stereocenters. The van der Waals surface area contributed by atoms with Crippen LogP contribution < -0.4 is 10.6 Å². The monoisotopic (exact) mass is 688 g/mol. The van der Waals surface area contributed by atoms with Gasteiger partial charge in [-0.3, -0.25) is 0 Å². The predicted octanol–water partition coefficient (Wildman–Crippen LogP) is 13.6. The van der Waals surface area contributed by atoms with Gasteiger partial charge >= 0.3 is 0 Å². The Balaban J connectivity index is 1.06. The zero-order valence-corrected chi connectivity index (χ0v) is 30.0. The lowest BCUT2D eigenvalue weighted by Gasteiger charge is -2.23. The molecule has 1 heteroatoms. The van der Waals surface area contributed by atoms with Crippen molar-refractivity contribution < 1.29 is 0 Å². The molecule has 0 amide bonds. The van der Waals surface area contributed by atoms with Gasteiger partial charge in [-0.15, -0.1) is 0 Å². The summed E-state index contributed by atoms with van der Waals surface area (Å²) in [6, 6.07) is 72.0. The molecule has 0 saturated heterocycles. The third-order valence-corrected chi connectivity index (χ3v) is 12.6. The lowest BCUT2D eigenvalue weighted by molar-refractivity contribution is 1.61. The molecule has 1 atom stereocenters. The van der Waals surface area contributed by atoms with Gasteiger partial charge in [-0.25, -0.2) is 0 Å². The van der Waals surface area contributed by atoms with Crippen molar-refractivity contribution >= 4 is 62.3 Å².